The van der Waals surface area contributed by atoms with Gasteiger partial charge in [-0.15, -0.1) is 11.6 Å². The molecule has 2 atom stereocenters. The molecule has 2 nitrogen and oxygen atoms in total. The molecule has 1 fully saturated rings. The molecule has 1 aromatic heterocycles. The molecule has 0 amide bonds. The molecule has 19 heavy (non-hydrogen) atoms. The fourth-order valence-corrected chi connectivity index (χ4v) is 4.20. The maximum Gasteiger partial charge on any atom is 0.183 e. The molecule has 0 radical (unpaired) electrons. The lowest BCUT2D eigenvalue weighted by atomic mass is 9.80. The predicted octanol–water partition coefficient (Wildman–Crippen LogP) is 4.75. The third-order valence-corrected chi connectivity index (χ3v) is 5.46. The highest BCUT2D eigenvalue weighted by Crippen LogP contribution is 2.32. The third kappa shape index (κ3) is 3.03. The molecule has 2 aromatic rings. The SMILES string of the molecule is ClCC1CCCCC1CNc1nc2ccccc2s1. The number of para-hydroxylation sites is 1. The van der Waals surface area contributed by atoms with E-state index in [0.717, 1.165) is 23.1 Å². The number of anilines is 1. The van der Waals surface area contributed by atoms with Crippen LogP contribution in [0.25, 0.3) is 10.2 Å². The van der Waals surface area contributed by atoms with Crippen LogP contribution in [0.15, 0.2) is 24.3 Å². The molecule has 0 aliphatic heterocycles. The summed E-state index contributed by atoms with van der Waals surface area (Å²) in [7, 11) is 0. The number of hydrogen-bond donors (Lipinski definition) is 1. The van der Waals surface area contributed by atoms with E-state index in [0.29, 0.717) is 11.8 Å². The van der Waals surface area contributed by atoms with Crippen LogP contribution in [0, 0.1) is 11.8 Å². The van der Waals surface area contributed by atoms with Crippen LogP contribution in [-0.4, -0.2) is 17.4 Å². The summed E-state index contributed by atoms with van der Waals surface area (Å²) in [5.41, 5.74) is 1.09. The van der Waals surface area contributed by atoms with Crippen molar-refractivity contribution >= 4 is 38.3 Å². The van der Waals surface area contributed by atoms with Gasteiger partial charge >= 0.3 is 0 Å². The van der Waals surface area contributed by atoms with Crippen molar-refractivity contribution in [3.05, 3.63) is 24.3 Å². The fourth-order valence-electron chi connectivity index (χ4n) is 2.92. The van der Waals surface area contributed by atoms with E-state index in [1.165, 1.54) is 30.4 Å². The van der Waals surface area contributed by atoms with Crippen molar-refractivity contribution in [2.75, 3.05) is 17.7 Å². The summed E-state index contributed by atoms with van der Waals surface area (Å²) < 4.78 is 1.25. The summed E-state index contributed by atoms with van der Waals surface area (Å²) in [6.07, 6.45) is 5.28. The highest BCUT2D eigenvalue weighted by Gasteiger charge is 2.24. The number of rotatable bonds is 4. The second-order valence-electron chi connectivity index (χ2n) is 5.33. The van der Waals surface area contributed by atoms with Crippen molar-refractivity contribution in [2.45, 2.75) is 25.7 Å². The average molecular weight is 295 g/mol. The van der Waals surface area contributed by atoms with Crippen molar-refractivity contribution in [2.24, 2.45) is 11.8 Å². The summed E-state index contributed by atoms with van der Waals surface area (Å²) in [4.78, 5) is 4.62. The van der Waals surface area contributed by atoms with Gasteiger partial charge in [0.05, 0.1) is 10.2 Å². The summed E-state index contributed by atoms with van der Waals surface area (Å²) in [5.74, 6) is 2.18. The molecule has 2 unspecified atom stereocenters. The second-order valence-corrected chi connectivity index (χ2v) is 6.67. The number of fused-ring (bicyclic) bond motifs is 1. The monoisotopic (exact) mass is 294 g/mol. The standard InChI is InChI=1S/C15H19ClN2S/c16-9-11-5-1-2-6-12(11)10-17-15-18-13-7-3-4-8-14(13)19-15/h3-4,7-8,11-12H,1-2,5-6,9-10H2,(H,17,18). The van der Waals surface area contributed by atoms with E-state index in [1.807, 2.05) is 6.07 Å². The molecule has 1 saturated carbocycles. The Balaban J connectivity index is 1.64. The number of nitrogens with zero attached hydrogens (tertiary/aromatic N) is 1. The quantitative estimate of drug-likeness (QED) is 0.823. The second kappa shape index (κ2) is 6.10. The number of aromatic nitrogens is 1. The lowest BCUT2D eigenvalue weighted by Crippen LogP contribution is -2.27. The molecule has 1 aliphatic rings. The molecule has 102 valence electrons. The normalized spacial score (nSPS) is 23.6. The van der Waals surface area contributed by atoms with E-state index < -0.39 is 0 Å². The highest BCUT2D eigenvalue weighted by molar-refractivity contribution is 7.22. The smallest absolute Gasteiger partial charge is 0.183 e. The first kappa shape index (κ1) is 13.2. The van der Waals surface area contributed by atoms with Crippen LogP contribution in [0.3, 0.4) is 0 Å². The van der Waals surface area contributed by atoms with Gasteiger partial charge in [0.15, 0.2) is 5.13 Å². The Hall–Kier alpha value is -0.800. The van der Waals surface area contributed by atoms with Gasteiger partial charge in [0, 0.05) is 12.4 Å². The van der Waals surface area contributed by atoms with Gasteiger partial charge in [-0.05, 0) is 36.8 Å². The Morgan fingerprint density at radius 3 is 2.79 bits per heavy atom. The molecule has 1 N–H and O–H groups in total. The molecule has 0 saturated heterocycles. The van der Waals surface area contributed by atoms with Crippen LogP contribution < -0.4 is 5.32 Å². The zero-order chi connectivity index (χ0) is 13.1. The number of nitrogens with one attached hydrogen (secondary N) is 1. The van der Waals surface area contributed by atoms with Crippen molar-refractivity contribution < 1.29 is 0 Å². The summed E-state index contributed by atoms with van der Waals surface area (Å²) in [5, 5.41) is 4.56. The van der Waals surface area contributed by atoms with E-state index in [-0.39, 0.29) is 0 Å². The minimum atomic E-state index is 0.678. The van der Waals surface area contributed by atoms with Crippen LogP contribution in [0.1, 0.15) is 25.7 Å². The minimum Gasteiger partial charge on any atom is -0.361 e. The van der Waals surface area contributed by atoms with E-state index in [2.05, 4.69) is 28.5 Å². The van der Waals surface area contributed by atoms with Crippen LogP contribution in [-0.2, 0) is 0 Å². The van der Waals surface area contributed by atoms with E-state index in [9.17, 15) is 0 Å². The molecule has 1 aromatic carbocycles. The molecular formula is C15H19ClN2S. The zero-order valence-electron chi connectivity index (χ0n) is 10.9. The van der Waals surface area contributed by atoms with Crippen molar-refractivity contribution in [3.63, 3.8) is 0 Å². The third-order valence-electron chi connectivity index (χ3n) is 4.07. The number of hydrogen-bond acceptors (Lipinski definition) is 3. The Morgan fingerprint density at radius 1 is 1.21 bits per heavy atom. The van der Waals surface area contributed by atoms with Gasteiger partial charge in [0.2, 0.25) is 0 Å². The van der Waals surface area contributed by atoms with Crippen LogP contribution >= 0.6 is 22.9 Å². The lowest BCUT2D eigenvalue weighted by Gasteiger charge is -2.30. The van der Waals surface area contributed by atoms with Crippen molar-refractivity contribution in [1.29, 1.82) is 0 Å². The van der Waals surface area contributed by atoms with Crippen molar-refractivity contribution in [1.82, 2.24) is 4.98 Å². The Labute approximate surface area is 123 Å². The minimum absolute atomic E-state index is 0.678. The number of halogens is 1. The first-order valence-corrected chi connectivity index (χ1v) is 8.37. The van der Waals surface area contributed by atoms with Gasteiger partial charge in [-0.2, -0.15) is 0 Å². The molecule has 1 aliphatic carbocycles. The zero-order valence-corrected chi connectivity index (χ0v) is 12.5. The highest BCUT2D eigenvalue weighted by atomic mass is 35.5. The Morgan fingerprint density at radius 2 is 2.00 bits per heavy atom. The number of thiazole rings is 1. The predicted molar refractivity (Wildman–Crippen MR) is 84.3 cm³/mol. The Kier molecular flexibility index (Phi) is 4.24. The molecule has 4 heteroatoms. The molecular weight excluding hydrogens is 276 g/mol. The fraction of sp³-hybridized carbons (Fsp3) is 0.533. The Bertz CT molecular complexity index is 507. The average Bonchev–Trinajstić information content (AvgIpc) is 2.88. The van der Waals surface area contributed by atoms with Crippen LogP contribution in [0.4, 0.5) is 5.13 Å². The van der Waals surface area contributed by atoms with E-state index in [4.69, 9.17) is 11.6 Å². The van der Waals surface area contributed by atoms with Crippen LogP contribution in [0.5, 0.6) is 0 Å². The van der Waals surface area contributed by atoms with Gasteiger partial charge in [-0.25, -0.2) is 4.98 Å². The van der Waals surface area contributed by atoms with Gasteiger partial charge in [0.25, 0.3) is 0 Å². The van der Waals surface area contributed by atoms with E-state index in [1.54, 1.807) is 11.3 Å². The van der Waals surface area contributed by atoms with Gasteiger partial charge in [0.1, 0.15) is 0 Å². The lowest BCUT2D eigenvalue weighted by molar-refractivity contribution is 0.272. The number of benzene rings is 1. The molecule has 0 spiro atoms. The summed E-state index contributed by atoms with van der Waals surface area (Å²) in [6.45, 7) is 1.01. The molecule has 0 bridgehead atoms. The maximum absolute atomic E-state index is 6.08. The molecule has 1 heterocycles. The molecule has 3 rings (SSSR count). The van der Waals surface area contributed by atoms with Crippen molar-refractivity contribution in [3.8, 4) is 0 Å². The van der Waals surface area contributed by atoms with Gasteiger partial charge < -0.3 is 5.32 Å². The topological polar surface area (TPSA) is 24.9 Å². The van der Waals surface area contributed by atoms with E-state index >= 15 is 0 Å². The van der Waals surface area contributed by atoms with Gasteiger partial charge in [-0.1, -0.05) is 36.3 Å². The van der Waals surface area contributed by atoms with Crippen LogP contribution in [0.2, 0.25) is 0 Å². The first-order valence-electron chi connectivity index (χ1n) is 7.02. The maximum atomic E-state index is 6.08. The number of alkyl halides is 1. The summed E-state index contributed by atoms with van der Waals surface area (Å²) in [6, 6.07) is 8.30. The largest absolute Gasteiger partial charge is 0.361 e. The first-order chi connectivity index (χ1) is 9.36. The summed E-state index contributed by atoms with van der Waals surface area (Å²) >= 11 is 7.82. The van der Waals surface area contributed by atoms with Gasteiger partial charge in [-0.3, -0.25) is 0 Å².